The van der Waals surface area contributed by atoms with E-state index in [0.717, 1.165) is 0 Å². The number of alkyl carbamates (subject to hydrolysis) is 1. The molecule has 1 aromatic rings. The van der Waals surface area contributed by atoms with Gasteiger partial charge in [0.05, 0.1) is 17.1 Å². The van der Waals surface area contributed by atoms with Crippen molar-refractivity contribution >= 4 is 17.5 Å². The maximum absolute atomic E-state index is 12.0. The number of hydrogen-bond donors (Lipinski definition) is 1. The first-order chi connectivity index (χ1) is 11.7. The monoisotopic (exact) mass is 352 g/mol. The first-order valence-electron chi connectivity index (χ1n) is 8.05. The highest BCUT2D eigenvalue weighted by Gasteiger charge is 2.32. The van der Waals surface area contributed by atoms with Crippen LogP contribution in [0.25, 0.3) is 0 Å². The molecule has 138 valence electrons. The third-order valence-corrected chi connectivity index (χ3v) is 3.78. The van der Waals surface area contributed by atoms with Gasteiger partial charge in [0.2, 0.25) is 0 Å². The number of nitro groups is 1. The molecule has 0 spiro atoms. The Labute approximate surface area is 146 Å². The van der Waals surface area contributed by atoms with Gasteiger partial charge in [0.15, 0.2) is 0 Å². The van der Waals surface area contributed by atoms with Crippen molar-refractivity contribution in [1.29, 1.82) is 0 Å². The number of carbonyl (C=O) groups is 1. The Morgan fingerprint density at radius 3 is 2.76 bits per heavy atom. The highest BCUT2D eigenvalue weighted by molar-refractivity contribution is 5.68. The molecule has 1 saturated heterocycles. The van der Waals surface area contributed by atoms with E-state index in [0.29, 0.717) is 25.2 Å². The standard InChI is InChI=1S/C16H24N4O5/c1-16(2,3)25-15(21)18-11-7-12(24-4)10-19(9-11)13-5-6-17-8-14(13)20(22)23/h5-6,8,11-12H,7,9-10H2,1-4H3,(H,18,21)/t11-,12+/m0/s1. The van der Waals surface area contributed by atoms with E-state index in [2.05, 4.69) is 10.3 Å². The molecule has 1 aromatic heterocycles. The normalized spacial score (nSPS) is 20.9. The fourth-order valence-corrected chi connectivity index (χ4v) is 2.79. The zero-order valence-corrected chi connectivity index (χ0v) is 14.9. The SMILES string of the molecule is CO[C@@H]1C[C@H](NC(=O)OC(C)(C)C)CN(c2ccncc2[N+](=O)[O-])C1. The van der Waals surface area contributed by atoms with Gasteiger partial charge in [-0.25, -0.2) is 4.79 Å². The summed E-state index contributed by atoms with van der Waals surface area (Å²) in [4.78, 5) is 28.5. The fourth-order valence-electron chi connectivity index (χ4n) is 2.79. The van der Waals surface area contributed by atoms with E-state index in [9.17, 15) is 14.9 Å². The van der Waals surface area contributed by atoms with E-state index in [1.165, 1.54) is 12.4 Å². The topological polar surface area (TPSA) is 107 Å². The van der Waals surface area contributed by atoms with Crippen molar-refractivity contribution < 1.29 is 19.2 Å². The third-order valence-electron chi connectivity index (χ3n) is 3.78. The van der Waals surface area contributed by atoms with E-state index in [4.69, 9.17) is 9.47 Å². The van der Waals surface area contributed by atoms with Crippen LogP contribution in [0.3, 0.4) is 0 Å². The minimum atomic E-state index is -0.594. The van der Waals surface area contributed by atoms with Gasteiger partial charge in [-0.15, -0.1) is 0 Å². The molecule has 25 heavy (non-hydrogen) atoms. The number of hydrogen-bond acceptors (Lipinski definition) is 7. The Kier molecular flexibility index (Phi) is 5.78. The number of nitrogens with zero attached hydrogens (tertiary/aromatic N) is 3. The molecular weight excluding hydrogens is 328 g/mol. The van der Waals surface area contributed by atoms with E-state index in [-0.39, 0.29) is 17.8 Å². The molecule has 9 heteroatoms. The highest BCUT2D eigenvalue weighted by atomic mass is 16.6. The molecule has 0 radical (unpaired) electrons. The van der Waals surface area contributed by atoms with Gasteiger partial charge >= 0.3 is 11.8 Å². The lowest BCUT2D eigenvalue weighted by Gasteiger charge is -2.38. The van der Waals surface area contributed by atoms with E-state index < -0.39 is 16.6 Å². The predicted molar refractivity (Wildman–Crippen MR) is 91.7 cm³/mol. The summed E-state index contributed by atoms with van der Waals surface area (Å²) < 4.78 is 10.7. The van der Waals surface area contributed by atoms with Crippen molar-refractivity contribution in [2.45, 2.75) is 44.9 Å². The average molecular weight is 352 g/mol. The van der Waals surface area contributed by atoms with Gasteiger partial charge in [-0.1, -0.05) is 0 Å². The molecule has 0 saturated carbocycles. The van der Waals surface area contributed by atoms with E-state index >= 15 is 0 Å². The zero-order chi connectivity index (χ0) is 18.6. The van der Waals surface area contributed by atoms with Gasteiger partial charge in [0, 0.05) is 26.4 Å². The van der Waals surface area contributed by atoms with Crippen LogP contribution in [-0.4, -0.2) is 53.9 Å². The molecule has 9 nitrogen and oxygen atoms in total. The summed E-state index contributed by atoms with van der Waals surface area (Å²) in [7, 11) is 1.58. The van der Waals surface area contributed by atoms with Crippen LogP contribution in [0.5, 0.6) is 0 Å². The number of anilines is 1. The molecule has 2 heterocycles. The van der Waals surface area contributed by atoms with Gasteiger partial charge < -0.3 is 19.7 Å². The average Bonchev–Trinajstić information content (AvgIpc) is 2.52. The van der Waals surface area contributed by atoms with Crippen LogP contribution < -0.4 is 10.2 Å². The molecule has 2 atom stereocenters. The van der Waals surface area contributed by atoms with Crippen molar-refractivity contribution in [3.8, 4) is 0 Å². The molecule has 1 aliphatic rings. The second-order valence-electron chi connectivity index (χ2n) is 6.96. The second kappa shape index (κ2) is 7.64. The van der Waals surface area contributed by atoms with E-state index in [1.54, 1.807) is 33.9 Å². The van der Waals surface area contributed by atoms with Crippen molar-refractivity contribution in [1.82, 2.24) is 10.3 Å². The maximum Gasteiger partial charge on any atom is 0.407 e. The lowest BCUT2D eigenvalue weighted by Crippen LogP contribution is -2.54. The number of aromatic nitrogens is 1. The summed E-state index contributed by atoms with van der Waals surface area (Å²) >= 11 is 0. The van der Waals surface area contributed by atoms with Crippen LogP contribution in [0.1, 0.15) is 27.2 Å². The number of rotatable bonds is 4. The van der Waals surface area contributed by atoms with Crippen LogP contribution in [0.15, 0.2) is 18.5 Å². The molecule has 1 N–H and O–H groups in total. The van der Waals surface area contributed by atoms with Crippen molar-refractivity contribution in [3.05, 3.63) is 28.6 Å². The molecule has 2 rings (SSSR count). The molecule has 0 bridgehead atoms. The minimum absolute atomic E-state index is 0.0738. The first kappa shape index (κ1) is 18.9. The maximum atomic E-state index is 12.0. The Morgan fingerprint density at radius 2 is 2.16 bits per heavy atom. The summed E-state index contributed by atoms with van der Waals surface area (Å²) in [6.45, 7) is 6.28. The number of methoxy groups -OCH3 is 1. The van der Waals surface area contributed by atoms with Crippen LogP contribution in [0.4, 0.5) is 16.2 Å². The second-order valence-corrected chi connectivity index (χ2v) is 6.96. The predicted octanol–water partition coefficient (Wildman–Crippen LogP) is 2.11. The summed E-state index contributed by atoms with van der Waals surface area (Å²) in [5, 5.41) is 14.1. The van der Waals surface area contributed by atoms with Gasteiger partial charge in [-0.05, 0) is 33.3 Å². The summed E-state index contributed by atoms with van der Waals surface area (Å²) in [6, 6.07) is 1.35. The molecule has 0 aromatic carbocycles. The third kappa shape index (κ3) is 5.28. The number of amides is 1. The Morgan fingerprint density at radius 1 is 1.44 bits per heavy atom. The van der Waals surface area contributed by atoms with Crippen molar-refractivity contribution in [2.75, 3.05) is 25.1 Å². The number of pyridine rings is 1. The molecule has 1 amide bonds. The zero-order valence-electron chi connectivity index (χ0n) is 14.9. The summed E-state index contributed by atoms with van der Waals surface area (Å²) in [6.07, 6.45) is 2.65. The number of ether oxygens (including phenoxy) is 2. The lowest BCUT2D eigenvalue weighted by atomic mass is 10.0. The number of nitrogens with one attached hydrogen (secondary N) is 1. The van der Waals surface area contributed by atoms with Gasteiger partial charge in [0.1, 0.15) is 17.5 Å². The largest absolute Gasteiger partial charge is 0.444 e. The lowest BCUT2D eigenvalue weighted by molar-refractivity contribution is -0.384. The Balaban J connectivity index is 2.15. The highest BCUT2D eigenvalue weighted by Crippen LogP contribution is 2.29. The Hall–Kier alpha value is -2.42. The van der Waals surface area contributed by atoms with Crippen molar-refractivity contribution in [3.63, 3.8) is 0 Å². The molecule has 0 unspecified atom stereocenters. The quantitative estimate of drug-likeness (QED) is 0.653. The van der Waals surface area contributed by atoms with Crippen LogP contribution in [0, 0.1) is 10.1 Å². The van der Waals surface area contributed by atoms with Crippen LogP contribution >= 0.6 is 0 Å². The summed E-state index contributed by atoms with van der Waals surface area (Å²) in [5.41, 5.74) is -0.212. The van der Waals surface area contributed by atoms with Gasteiger partial charge in [-0.2, -0.15) is 0 Å². The number of piperidine rings is 1. The molecular formula is C16H24N4O5. The Bertz CT molecular complexity index is 631. The van der Waals surface area contributed by atoms with Crippen molar-refractivity contribution in [2.24, 2.45) is 0 Å². The number of carbonyl (C=O) groups excluding carboxylic acids is 1. The van der Waals surface area contributed by atoms with Crippen LogP contribution in [0.2, 0.25) is 0 Å². The molecule has 1 fully saturated rings. The van der Waals surface area contributed by atoms with Crippen LogP contribution in [-0.2, 0) is 9.47 Å². The first-order valence-corrected chi connectivity index (χ1v) is 8.05. The smallest absolute Gasteiger partial charge is 0.407 e. The minimum Gasteiger partial charge on any atom is -0.444 e. The summed E-state index contributed by atoms with van der Waals surface area (Å²) in [5.74, 6) is 0. The fraction of sp³-hybridized carbons (Fsp3) is 0.625. The van der Waals surface area contributed by atoms with Gasteiger partial charge in [0.25, 0.3) is 0 Å². The molecule has 0 aliphatic carbocycles. The molecule has 1 aliphatic heterocycles. The van der Waals surface area contributed by atoms with Gasteiger partial charge in [-0.3, -0.25) is 15.1 Å². The van der Waals surface area contributed by atoms with E-state index in [1.807, 2.05) is 4.90 Å².